The van der Waals surface area contributed by atoms with Crippen LogP contribution in [0.1, 0.15) is 46.4 Å². The molecule has 0 N–H and O–H groups in total. The normalized spacial score (nSPS) is 16.9. The molecule has 1 aromatic carbocycles. The lowest BCUT2D eigenvalue weighted by atomic mass is 10.1. The molecule has 5 nitrogen and oxygen atoms in total. The summed E-state index contributed by atoms with van der Waals surface area (Å²) in [6.45, 7) is 2.10. The minimum Gasteiger partial charge on any atom is -0.478 e. The summed E-state index contributed by atoms with van der Waals surface area (Å²) in [7, 11) is 0. The van der Waals surface area contributed by atoms with Gasteiger partial charge in [0.15, 0.2) is 5.69 Å². The topological polar surface area (TPSA) is 47.4 Å². The molecular formula is C19H20F3N3O2. The predicted molar refractivity (Wildman–Crippen MR) is 91.7 cm³/mol. The highest BCUT2D eigenvalue weighted by atomic mass is 19.4. The Kier molecular flexibility index (Phi) is 4.57. The van der Waals surface area contributed by atoms with Crippen molar-refractivity contribution < 1.29 is 22.7 Å². The summed E-state index contributed by atoms with van der Waals surface area (Å²) in [5.41, 5.74) is 0.629. The van der Waals surface area contributed by atoms with Crippen molar-refractivity contribution in [3.05, 3.63) is 46.6 Å². The van der Waals surface area contributed by atoms with Gasteiger partial charge in [-0.25, -0.2) is 4.68 Å². The third-order valence-corrected chi connectivity index (χ3v) is 5.00. The average molecular weight is 379 g/mol. The first-order chi connectivity index (χ1) is 12.9. The van der Waals surface area contributed by atoms with E-state index in [0.29, 0.717) is 25.0 Å². The standard InChI is InChI=1S/C19H20F3N3O2/c20-19(21,22)16-15-4-3-11-27-18(15)25(23-16)12-13-5-7-14(8-6-13)17(26)24-9-1-2-10-24/h5-8H,1-4,9-12H2. The van der Waals surface area contributed by atoms with Crippen molar-refractivity contribution in [3.63, 3.8) is 0 Å². The van der Waals surface area contributed by atoms with Crippen molar-refractivity contribution in [2.75, 3.05) is 19.7 Å². The van der Waals surface area contributed by atoms with Crippen LogP contribution in [0.5, 0.6) is 5.88 Å². The van der Waals surface area contributed by atoms with E-state index < -0.39 is 11.9 Å². The molecular weight excluding hydrogens is 359 g/mol. The van der Waals surface area contributed by atoms with Crippen molar-refractivity contribution >= 4 is 5.91 Å². The lowest BCUT2D eigenvalue weighted by molar-refractivity contribution is -0.142. The zero-order valence-electron chi connectivity index (χ0n) is 14.8. The number of likely N-dealkylation sites (tertiary alicyclic amines) is 1. The second-order valence-electron chi connectivity index (χ2n) is 6.94. The molecule has 4 rings (SSSR count). The third kappa shape index (κ3) is 3.52. The molecule has 0 radical (unpaired) electrons. The number of amides is 1. The van der Waals surface area contributed by atoms with Crippen LogP contribution in [-0.4, -0.2) is 40.3 Å². The maximum atomic E-state index is 13.2. The van der Waals surface area contributed by atoms with Crippen molar-refractivity contribution in [1.82, 2.24) is 14.7 Å². The van der Waals surface area contributed by atoms with E-state index in [1.54, 1.807) is 24.3 Å². The van der Waals surface area contributed by atoms with Gasteiger partial charge < -0.3 is 9.64 Å². The van der Waals surface area contributed by atoms with Crippen LogP contribution in [0.25, 0.3) is 0 Å². The van der Waals surface area contributed by atoms with E-state index in [1.165, 1.54) is 4.68 Å². The van der Waals surface area contributed by atoms with Gasteiger partial charge >= 0.3 is 6.18 Å². The minimum atomic E-state index is -4.50. The number of benzene rings is 1. The van der Waals surface area contributed by atoms with Crippen LogP contribution in [0.15, 0.2) is 24.3 Å². The van der Waals surface area contributed by atoms with E-state index in [9.17, 15) is 18.0 Å². The smallest absolute Gasteiger partial charge is 0.435 e. The molecule has 0 atom stereocenters. The molecule has 0 spiro atoms. The van der Waals surface area contributed by atoms with Crippen molar-refractivity contribution in [3.8, 4) is 5.88 Å². The molecule has 0 saturated carbocycles. The number of rotatable bonds is 3. The Hall–Kier alpha value is -2.51. The summed E-state index contributed by atoms with van der Waals surface area (Å²) < 4.78 is 46.5. The monoisotopic (exact) mass is 379 g/mol. The van der Waals surface area contributed by atoms with Gasteiger partial charge in [0.1, 0.15) is 0 Å². The zero-order valence-corrected chi connectivity index (χ0v) is 14.8. The van der Waals surface area contributed by atoms with Gasteiger partial charge in [0.25, 0.3) is 5.91 Å². The van der Waals surface area contributed by atoms with Gasteiger partial charge in [-0.05, 0) is 43.4 Å². The molecule has 144 valence electrons. The van der Waals surface area contributed by atoms with Crippen LogP contribution in [0.4, 0.5) is 13.2 Å². The third-order valence-electron chi connectivity index (χ3n) is 5.00. The van der Waals surface area contributed by atoms with Gasteiger partial charge in [-0.3, -0.25) is 4.79 Å². The summed E-state index contributed by atoms with van der Waals surface area (Å²) in [4.78, 5) is 14.2. The van der Waals surface area contributed by atoms with Gasteiger partial charge in [0, 0.05) is 24.2 Å². The zero-order chi connectivity index (χ0) is 19.0. The molecule has 1 saturated heterocycles. The second kappa shape index (κ2) is 6.90. The number of alkyl halides is 3. The highest BCUT2D eigenvalue weighted by molar-refractivity contribution is 5.94. The number of nitrogens with zero attached hydrogens (tertiary/aromatic N) is 3. The van der Waals surface area contributed by atoms with E-state index >= 15 is 0 Å². The lowest BCUT2D eigenvalue weighted by Crippen LogP contribution is -2.27. The molecule has 1 amide bonds. The summed E-state index contributed by atoms with van der Waals surface area (Å²) in [5, 5.41) is 3.77. The first kappa shape index (κ1) is 17.9. The number of halogens is 3. The van der Waals surface area contributed by atoms with Gasteiger partial charge in [-0.2, -0.15) is 18.3 Å². The number of carbonyl (C=O) groups is 1. The van der Waals surface area contributed by atoms with Gasteiger partial charge in [-0.15, -0.1) is 0 Å². The van der Waals surface area contributed by atoms with Crippen molar-refractivity contribution in [2.24, 2.45) is 0 Å². The number of ether oxygens (including phenoxy) is 1. The fourth-order valence-corrected chi connectivity index (χ4v) is 3.65. The molecule has 2 aliphatic rings. The number of hydrogen-bond donors (Lipinski definition) is 0. The average Bonchev–Trinajstić information content (AvgIpc) is 3.30. The molecule has 27 heavy (non-hydrogen) atoms. The Bertz CT molecular complexity index is 837. The first-order valence-electron chi connectivity index (χ1n) is 9.11. The van der Waals surface area contributed by atoms with Crippen LogP contribution >= 0.6 is 0 Å². The van der Waals surface area contributed by atoms with E-state index in [1.807, 2.05) is 4.90 Å². The fourth-order valence-electron chi connectivity index (χ4n) is 3.65. The minimum absolute atomic E-state index is 0.00166. The Balaban J connectivity index is 1.56. The Morgan fingerprint density at radius 2 is 1.81 bits per heavy atom. The van der Waals surface area contributed by atoms with Gasteiger partial charge in [-0.1, -0.05) is 12.1 Å². The first-order valence-corrected chi connectivity index (χ1v) is 9.11. The van der Waals surface area contributed by atoms with Crippen molar-refractivity contribution in [2.45, 2.75) is 38.4 Å². The van der Waals surface area contributed by atoms with E-state index in [2.05, 4.69) is 5.10 Å². The highest BCUT2D eigenvalue weighted by Crippen LogP contribution is 2.38. The molecule has 8 heteroatoms. The molecule has 1 aromatic heterocycles. The summed E-state index contributed by atoms with van der Waals surface area (Å²) >= 11 is 0. The number of hydrogen-bond acceptors (Lipinski definition) is 3. The highest BCUT2D eigenvalue weighted by Gasteiger charge is 2.40. The number of fused-ring (bicyclic) bond motifs is 1. The number of carbonyl (C=O) groups excluding carboxylic acids is 1. The van der Waals surface area contributed by atoms with Crippen LogP contribution in [-0.2, 0) is 19.1 Å². The molecule has 0 bridgehead atoms. The molecule has 3 heterocycles. The Morgan fingerprint density at radius 1 is 1.11 bits per heavy atom. The molecule has 0 aliphatic carbocycles. The van der Waals surface area contributed by atoms with Gasteiger partial charge in [0.2, 0.25) is 5.88 Å². The summed E-state index contributed by atoms with van der Waals surface area (Å²) in [5.74, 6) is 0.198. The summed E-state index contributed by atoms with van der Waals surface area (Å²) in [6.07, 6.45) is -1.59. The largest absolute Gasteiger partial charge is 0.478 e. The fraction of sp³-hybridized carbons (Fsp3) is 0.474. The van der Waals surface area contributed by atoms with Crippen molar-refractivity contribution in [1.29, 1.82) is 0 Å². The lowest BCUT2D eigenvalue weighted by Gasteiger charge is -2.16. The maximum Gasteiger partial charge on any atom is 0.435 e. The van der Waals surface area contributed by atoms with E-state index in [-0.39, 0.29) is 23.9 Å². The van der Waals surface area contributed by atoms with E-state index in [0.717, 1.165) is 31.5 Å². The SMILES string of the molecule is O=C(c1ccc(Cn2nc(C(F)(F)F)c3c2OCCC3)cc1)N1CCCC1. The second-order valence-corrected chi connectivity index (χ2v) is 6.94. The van der Waals surface area contributed by atoms with Crippen LogP contribution in [0.2, 0.25) is 0 Å². The Morgan fingerprint density at radius 3 is 2.48 bits per heavy atom. The quantitative estimate of drug-likeness (QED) is 0.820. The van der Waals surface area contributed by atoms with Crippen LogP contribution < -0.4 is 4.74 Å². The predicted octanol–water partition coefficient (Wildman–Crippen LogP) is 3.51. The van der Waals surface area contributed by atoms with Crippen LogP contribution in [0, 0.1) is 0 Å². The molecule has 0 unspecified atom stereocenters. The number of aromatic nitrogens is 2. The molecule has 2 aliphatic heterocycles. The summed E-state index contributed by atoms with van der Waals surface area (Å²) in [6, 6.07) is 6.95. The van der Waals surface area contributed by atoms with Gasteiger partial charge in [0.05, 0.1) is 13.2 Å². The molecule has 2 aromatic rings. The van der Waals surface area contributed by atoms with E-state index in [4.69, 9.17) is 4.74 Å². The molecule has 1 fully saturated rings. The maximum absolute atomic E-state index is 13.2. The Labute approximate surface area is 154 Å². The van der Waals surface area contributed by atoms with Crippen LogP contribution in [0.3, 0.4) is 0 Å².